The van der Waals surface area contributed by atoms with Gasteiger partial charge in [0.1, 0.15) is 5.82 Å². The van der Waals surface area contributed by atoms with Gasteiger partial charge in [0, 0.05) is 10.2 Å². The van der Waals surface area contributed by atoms with E-state index in [1.807, 2.05) is 12.1 Å². The summed E-state index contributed by atoms with van der Waals surface area (Å²) in [5.74, 6) is 2.49. The van der Waals surface area contributed by atoms with Gasteiger partial charge in [0.25, 0.3) is 0 Å². The quantitative estimate of drug-likeness (QED) is 0.698. The lowest BCUT2D eigenvalue weighted by atomic mass is 10.2. The minimum Gasteiger partial charge on any atom is -0.207 e. The normalized spacial score (nSPS) is 11.0. The van der Waals surface area contributed by atoms with E-state index in [1.54, 1.807) is 11.8 Å². The van der Waals surface area contributed by atoms with Crippen LogP contribution < -0.4 is 0 Å². The van der Waals surface area contributed by atoms with Crippen molar-refractivity contribution in [3.05, 3.63) is 34.1 Å². The predicted octanol–water partition coefficient (Wildman–Crippen LogP) is 4.87. The highest BCUT2D eigenvalue weighted by Gasteiger charge is 2.03. The molecule has 1 aromatic rings. The van der Waals surface area contributed by atoms with E-state index in [-0.39, 0.29) is 5.82 Å². The Balaban J connectivity index is 2.37. The number of hydrogen-bond acceptors (Lipinski definition) is 1. The number of rotatable bonds is 5. The van der Waals surface area contributed by atoms with E-state index in [1.165, 1.54) is 12.5 Å². The van der Waals surface area contributed by atoms with Crippen LogP contribution in [0.2, 0.25) is 0 Å². The lowest BCUT2D eigenvalue weighted by molar-refractivity contribution is 0.616. The first-order valence-corrected chi connectivity index (χ1v) is 7.06. The fourth-order valence-corrected chi connectivity index (χ4v) is 2.71. The largest absolute Gasteiger partial charge is 0.207 e. The molecule has 0 radical (unpaired) electrons. The Labute approximate surface area is 104 Å². The van der Waals surface area contributed by atoms with Crippen LogP contribution in [0, 0.1) is 11.7 Å². The van der Waals surface area contributed by atoms with Crippen molar-refractivity contribution in [2.45, 2.75) is 26.0 Å². The zero-order valence-corrected chi connectivity index (χ0v) is 11.5. The second kappa shape index (κ2) is 6.54. The molecule has 0 heterocycles. The molecule has 0 aliphatic rings. The number of halogens is 2. The number of benzene rings is 1. The molecule has 0 saturated carbocycles. The first kappa shape index (κ1) is 13.0. The van der Waals surface area contributed by atoms with Crippen LogP contribution in [0.3, 0.4) is 0 Å². The number of thioether (sulfide) groups is 1. The van der Waals surface area contributed by atoms with Crippen LogP contribution in [-0.2, 0) is 5.75 Å². The van der Waals surface area contributed by atoms with Gasteiger partial charge in [-0.25, -0.2) is 4.39 Å². The minimum atomic E-state index is -0.110. The Morgan fingerprint density at radius 1 is 1.40 bits per heavy atom. The summed E-state index contributed by atoms with van der Waals surface area (Å²) in [6, 6.07) is 5.27. The number of hydrogen-bond donors (Lipinski definition) is 0. The third-order valence-electron chi connectivity index (χ3n) is 2.11. The molecule has 0 aromatic heterocycles. The van der Waals surface area contributed by atoms with Gasteiger partial charge in [-0.1, -0.05) is 35.8 Å². The molecule has 1 rings (SSSR count). The predicted molar refractivity (Wildman–Crippen MR) is 69.7 cm³/mol. The van der Waals surface area contributed by atoms with E-state index in [0.717, 1.165) is 27.5 Å². The van der Waals surface area contributed by atoms with E-state index in [2.05, 4.69) is 29.8 Å². The maximum absolute atomic E-state index is 13.4. The average Bonchev–Trinajstić information content (AvgIpc) is 2.14. The van der Waals surface area contributed by atoms with Crippen molar-refractivity contribution in [1.82, 2.24) is 0 Å². The molecule has 0 aliphatic carbocycles. The molecular formula is C12H16BrFS. The molecule has 84 valence electrons. The van der Waals surface area contributed by atoms with Crippen LogP contribution in [0.15, 0.2) is 22.7 Å². The monoisotopic (exact) mass is 290 g/mol. The van der Waals surface area contributed by atoms with E-state index in [9.17, 15) is 4.39 Å². The Kier molecular flexibility index (Phi) is 5.69. The highest BCUT2D eigenvalue weighted by molar-refractivity contribution is 9.10. The Morgan fingerprint density at radius 3 is 2.73 bits per heavy atom. The van der Waals surface area contributed by atoms with Gasteiger partial charge in [-0.2, -0.15) is 11.8 Å². The molecule has 0 fully saturated rings. The summed E-state index contributed by atoms with van der Waals surface area (Å²) < 4.78 is 14.2. The molecule has 0 aliphatic heterocycles. The molecule has 0 amide bonds. The van der Waals surface area contributed by atoms with Crippen molar-refractivity contribution < 1.29 is 4.39 Å². The molecule has 3 heteroatoms. The topological polar surface area (TPSA) is 0 Å². The van der Waals surface area contributed by atoms with Gasteiger partial charge in [-0.05, 0) is 35.8 Å². The first-order chi connectivity index (χ1) is 7.09. The summed E-state index contributed by atoms with van der Waals surface area (Å²) >= 11 is 5.05. The van der Waals surface area contributed by atoms with Crippen molar-refractivity contribution >= 4 is 27.7 Å². The average molecular weight is 291 g/mol. The zero-order chi connectivity index (χ0) is 11.3. The molecule has 0 bridgehead atoms. The molecule has 15 heavy (non-hydrogen) atoms. The fourth-order valence-electron chi connectivity index (χ4n) is 1.14. The van der Waals surface area contributed by atoms with Crippen molar-refractivity contribution in [3.63, 3.8) is 0 Å². The third kappa shape index (κ3) is 5.03. The van der Waals surface area contributed by atoms with Gasteiger partial charge in [0.05, 0.1) is 0 Å². The highest BCUT2D eigenvalue weighted by Crippen LogP contribution is 2.20. The second-order valence-electron chi connectivity index (χ2n) is 3.97. The lowest BCUT2D eigenvalue weighted by Crippen LogP contribution is -1.92. The first-order valence-electron chi connectivity index (χ1n) is 5.11. The minimum absolute atomic E-state index is 0.110. The molecule has 0 atom stereocenters. The molecular weight excluding hydrogens is 275 g/mol. The molecule has 0 N–H and O–H groups in total. The van der Waals surface area contributed by atoms with Crippen LogP contribution in [0.5, 0.6) is 0 Å². The molecule has 0 spiro atoms. The summed E-state index contributed by atoms with van der Waals surface area (Å²) in [5.41, 5.74) is 0.798. The van der Waals surface area contributed by atoms with E-state index in [4.69, 9.17) is 0 Å². The van der Waals surface area contributed by atoms with E-state index in [0.29, 0.717) is 0 Å². The fraction of sp³-hybridized carbons (Fsp3) is 0.500. The van der Waals surface area contributed by atoms with Crippen LogP contribution in [0.1, 0.15) is 25.8 Å². The van der Waals surface area contributed by atoms with Crippen LogP contribution in [0.25, 0.3) is 0 Å². The van der Waals surface area contributed by atoms with Crippen molar-refractivity contribution in [3.8, 4) is 0 Å². The summed E-state index contributed by atoms with van der Waals surface area (Å²) in [7, 11) is 0. The van der Waals surface area contributed by atoms with Gasteiger partial charge in [0.2, 0.25) is 0 Å². The zero-order valence-electron chi connectivity index (χ0n) is 9.09. The second-order valence-corrected chi connectivity index (χ2v) is 5.99. The van der Waals surface area contributed by atoms with Crippen LogP contribution in [-0.4, -0.2) is 5.75 Å². The smallest absolute Gasteiger partial charge is 0.128 e. The Hall–Kier alpha value is -0.0200. The van der Waals surface area contributed by atoms with E-state index < -0.39 is 0 Å². The van der Waals surface area contributed by atoms with Crippen molar-refractivity contribution in [2.24, 2.45) is 5.92 Å². The SMILES string of the molecule is CC(C)CCSCc1ccc(Br)cc1F. The summed E-state index contributed by atoms with van der Waals surface area (Å²) in [6.07, 6.45) is 1.20. The Morgan fingerprint density at radius 2 is 2.13 bits per heavy atom. The third-order valence-corrected chi connectivity index (χ3v) is 3.64. The Bertz CT molecular complexity index is 312. The standard InChI is InChI=1S/C12H16BrFS/c1-9(2)5-6-15-8-10-3-4-11(13)7-12(10)14/h3-4,7,9H,5-6,8H2,1-2H3. The molecule has 0 nitrogen and oxygen atoms in total. The maximum Gasteiger partial charge on any atom is 0.128 e. The maximum atomic E-state index is 13.4. The van der Waals surface area contributed by atoms with Gasteiger partial charge in [0.15, 0.2) is 0 Å². The van der Waals surface area contributed by atoms with E-state index >= 15 is 0 Å². The summed E-state index contributed by atoms with van der Waals surface area (Å²) in [4.78, 5) is 0. The summed E-state index contributed by atoms with van der Waals surface area (Å²) in [5, 5.41) is 0. The molecule has 1 aromatic carbocycles. The molecule has 0 saturated heterocycles. The molecule has 0 unspecified atom stereocenters. The van der Waals surface area contributed by atoms with Crippen LogP contribution >= 0.6 is 27.7 Å². The van der Waals surface area contributed by atoms with Crippen LogP contribution in [0.4, 0.5) is 4.39 Å². The summed E-state index contributed by atoms with van der Waals surface area (Å²) in [6.45, 7) is 4.42. The van der Waals surface area contributed by atoms with Crippen molar-refractivity contribution in [1.29, 1.82) is 0 Å². The van der Waals surface area contributed by atoms with Gasteiger partial charge >= 0.3 is 0 Å². The highest BCUT2D eigenvalue weighted by atomic mass is 79.9. The van der Waals surface area contributed by atoms with Gasteiger partial charge in [-0.3, -0.25) is 0 Å². The van der Waals surface area contributed by atoms with Gasteiger partial charge < -0.3 is 0 Å². The van der Waals surface area contributed by atoms with Crippen molar-refractivity contribution in [2.75, 3.05) is 5.75 Å². The lowest BCUT2D eigenvalue weighted by Gasteiger charge is -2.05. The van der Waals surface area contributed by atoms with Gasteiger partial charge in [-0.15, -0.1) is 0 Å².